The van der Waals surface area contributed by atoms with Crippen molar-refractivity contribution in [2.75, 3.05) is 17.1 Å². The third-order valence-electron chi connectivity index (χ3n) is 6.92. The van der Waals surface area contributed by atoms with Gasteiger partial charge in [-0.15, -0.1) is 0 Å². The number of amides is 2. The molecule has 3 aromatic rings. The summed E-state index contributed by atoms with van der Waals surface area (Å²) in [5.41, 5.74) is 1.15. The molecule has 0 unspecified atom stereocenters. The van der Waals surface area contributed by atoms with Gasteiger partial charge in [0.25, 0.3) is 0 Å². The molecule has 1 atom stereocenters. The van der Waals surface area contributed by atoms with Gasteiger partial charge >= 0.3 is 0 Å². The van der Waals surface area contributed by atoms with E-state index in [2.05, 4.69) is 21.2 Å². The number of para-hydroxylation sites is 1. The lowest BCUT2D eigenvalue weighted by molar-refractivity contribution is -0.139. The summed E-state index contributed by atoms with van der Waals surface area (Å²) in [4.78, 5) is 28.4. The Morgan fingerprint density at radius 3 is 2.15 bits per heavy atom. The number of benzene rings is 3. The lowest BCUT2D eigenvalue weighted by Gasteiger charge is -2.32. The number of hydrogen-bond donors (Lipinski definition) is 1. The van der Waals surface area contributed by atoms with Crippen molar-refractivity contribution in [3.05, 3.63) is 88.9 Å². The molecule has 10 heteroatoms. The van der Waals surface area contributed by atoms with Gasteiger partial charge in [0.05, 0.1) is 11.9 Å². The summed E-state index contributed by atoms with van der Waals surface area (Å²) in [6.07, 6.45) is 5.04. The monoisotopic (exact) mass is 627 g/mol. The van der Waals surface area contributed by atoms with Crippen LogP contribution in [-0.2, 0) is 26.2 Å². The molecular weight excluding hydrogens is 594 g/mol. The third kappa shape index (κ3) is 8.08. The molecule has 40 heavy (non-hydrogen) atoms. The van der Waals surface area contributed by atoms with Crippen molar-refractivity contribution < 1.29 is 22.7 Å². The first kappa shape index (κ1) is 29.6. The quantitative estimate of drug-likeness (QED) is 0.303. The summed E-state index contributed by atoms with van der Waals surface area (Å²) in [6.45, 7) is 1.39. The zero-order valence-corrected chi connectivity index (χ0v) is 25.0. The molecule has 0 saturated heterocycles. The maximum Gasteiger partial charge on any atom is 0.244 e. The third-order valence-corrected chi connectivity index (χ3v) is 8.59. The molecule has 2 amide bonds. The Morgan fingerprint density at radius 1 is 0.950 bits per heavy atom. The number of halogens is 1. The van der Waals surface area contributed by atoms with Gasteiger partial charge < -0.3 is 15.0 Å². The second-order valence-electron chi connectivity index (χ2n) is 9.99. The van der Waals surface area contributed by atoms with Crippen LogP contribution in [0, 0.1) is 0 Å². The maximum absolute atomic E-state index is 13.7. The fraction of sp³-hybridized carbons (Fsp3) is 0.333. The van der Waals surface area contributed by atoms with E-state index in [9.17, 15) is 18.0 Å². The van der Waals surface area contributed by atoms with E-state index in [0.717, 1.165) is 46.3 Å². The van der Waals surface area contributed by atoms with Gasteiger partial charge in [-0.2, -0.15) is 0 Å². The average Bonchev–Trinajstić information content (AvgIpc) is 3.44. The number of hydrogen-bond acceptors (Lipinski definition) is 5. The number of nitrogens with one attached hydrogen (secondary N) is 1. The summed E-state index contributed by atoms with van der Waals surface area (Å²) >= 11 is 3.42. The van der Waals surface area contributed by atoms with E-state index in [-0.39, 0.29) is 18.5 Å². The average molecular weight is 629 g/mol. The van der Waals surface area contributed by atoms with Gasteiger partial charge in [-0.1, -0.05) is 59.1 Å². The number of rotatable bonds is 11. The van der Waals surface area contributed by atoms with Crippen LogP contribution in [0.3, 0.4) is 0 Å². The van der Waals surface area contributed by atoms with Gasteiger partial charge in [-0.3, -0.25) is 13.9 Å². The molecule has 0 spiro atoms. The molecule has 1 N–H and O–H groups in total. The molecule has 1 fully saturated rings. The van der Waals surface area contributed by atoms with Gasteiger partial charge in [0.15, 0.2) is 0 Å². The Morgan fingerprint density at radius 2 is 1.55 bits per heavy atom. The minimum absolute atomic E-state index is 0.101. The lowest BCUT2D eigenvalue weighted by Crippen LogP contribution is -2.52. The summed E-state index contributed by atoms with van der Waals surface area (Å²) in [5, 5.41) is 3.06. The SMILES string of the molecule is C[C@H](C(=O)NC1CCCC1)N(Cc1ccc(Br)cc1)C(=O)CN(c1ccc(Oc2ccccc2)cc1)S(C)(=O)=O. The minimum atomic E-state index is -3.82. The first-order valence-corrected chi connectivity index (χ1v) is 15.9. The van der Waals surface area contributed by atoms with Crippen LogP contribution in [0.2, 0.25) is 0 Å². The molecular formula is C30H34BrN3O5S. The predicted molar refractivity (Wildman–Crippen MR) is 160 cm³/mol. The summed E-state index contributed by atoms with van der Waals surface area (Å²) in [6, 6.07) is 22.5. The summed E-state index contributed by atoms with van der Waals surface area (Å²) < 4.78 is 33.4. The fourth-order valence-electron chi connectivity index (χ4n) is 4.68. The highest BCUT2D eigenvalue weighted by Crippen LogP contribution is 2.26. The standard InChI is InChI=1S/C30H34BrN3O5S/c1-22(30(36)32-25-8-6-7-9-25)33(20-23-12-14-24(31)15-13-23)29(35)21-34(40(2,37)38)26-16-18-28(19-17-26)39-27-10-4-3-5-11-27/h3-5,10-19,22,25H,6-9,20-21H2,1-2H3,(H,32,36)/t22-/m1/s1. The number of ether oxygens (including phenoxy) is 1. The second-order valence-corrected chi connectivity index (χ2v) is 12.8. The largest absolute Gasteiger partial charge is 0.457 e. The molecule has 8 nitrogen and oxygen atoms in total. The molecule has 1 aliphatic rings. The Kier molecular flexibility index (Phi) is 9.86. The van der Waals surface area contributed by atoms with E-state index in [0.29, 0.717) is 17.2 Å². The van der Waals surface area contributed by atoms with E-state index < -0.39 is 28.5 Å². The molecule has 0 radical (unpaired) electrons. The Hall–Kier alpha value is -3.37. The highest BCUT2D eigenvalue weighted by molar-refractivity contribution is 9.10. The van der Waals surface area contributed by atoms with Gasteiger partial charge in [0.2, 0.25) is 21.8 Å². The van der Waals surface area contributed by atoms with E-state index in [1.807, 2.05) is 54.6 Å². The first-order valence-electron chi connectivity index (χ1n) is 13.2. The second kappa shape index (κ2) is 13.3. The van der Waals surface area contributed by atoms with Crippen molar-refractivity contribution in [1.82, 2.24) is 10.2 Å². The highest BCUT2D eigenvalue weighted by atomic mass is 79.9. The van der Waals surface area contributed by atoms with Crippen molar-refractivity contribution in [1.29, 1.82) is 0 Å². The van der Waals surface area contributed by atoms with E-state index >= 15 is 0 Å². The van der Waals surface area contributed by atoms with Crippen molar-refractivity contribution in [3.63, 3.8) is 0 Å². The molecule has 1 aliphatic carbocycles. The van der Waals surface area contributed by atoms with Crippen LogP contribution in [0.4, 0.5) is 5.69 Å². The molecule has 0 aromatic heterocycles. The molecule has 0 aliphatic heterocycles. The van der Waals surface area contributed by atoms with E-state index in [4.69, 9.17) is 4.74 Å². The van der Waals surface area contributed by atoms with Crippen LogP contribution in [0.5, 0.6) is 11.5 Å². The number of carbonyl (C=O) groups is 2. The van der Waals surface area contributed by atoms with Crippen molar-refractivity contribution >= 4 is 43.5 Å². The predicted octanol–water partition coefficient (Wildman–Crippen LogP) is 5.48. The molecule has 0 heterocycles. The van der Waals surface area contributed by atoms with Crippen LogP contribution in [0.25, 0.3) is 0 Å². The molecule has 4 rings (SSSR count). The number of sulfonamides is 1. The van der Waals surface area contributed by atoms with E-state index in [1.54, 1.807) is 31.2 Å². The zero-order chi connectivity index (χ0) is 28.7. The Balaban J connectivity index is 1.55. The topological polar surface area (TPSA) is 96.0 Å². The Bertz CT molecular complexity index is 1390. The van der Waals surface area contributed by atoms with Crippen molar-refractivity contribution in [2.24, 2.45) is 0 Å². The van der Waals surface area contributed by atoms with Gasteiger partial charge in [0.1, 0.15) is 24.1 Å². The zero-order valence-electron chi connectivity index (χ0n) is 22.6. The van der Waals surface area contributed by atoms with E-state index in [1.165, 1.54) is 4.90 Å². The highest BCUT2D eigenvalue weighted by Gasteiger charge is 2.31. The molecule has 0 bridgehead atoms. The normalized spacial score (nSPS) is 14.4. The summed E-state index contributed by atoms with van der Waals surface area (Å²) in [7, 11) is -3.82. The molecule has 212 valence electrons. The number of nitrogens with zero attached hydrogens (tertiary/aromatic N) is 2. The maximum atomic E-state index is 13.7. The van der Waals surface area contributed by atoms with Crippen LogP contribution < -0.4 is 14.4 Å². The smallest absolute Gasteiger partial charge is 0.244 e. The Labute approximate surface area is 244 Å². The fourth-order valence-corrected chi connectivity index (χ4v) is 5.79. The number of anilines is 1. The molecule has 1 saturated carbocycles. The van der Waals surface area contributed by atoms with Crippen LogP contribution in [0.15, 0.2) is 83.3 Å². The van der Waals surface area contributed by atoms with Crippen molar-refractivity contribution in [2.45, 2.75) is 51.2 Å². The van der Waals surface area contributed by atoms with Crippen LogP contribution >= 0.6 is 15.9 Å². The summed E-state index contributed by atoms with van der Waals surface area (Å²) in [5.74, 6) is 0.459. The number of carbonyl (C=O) groups excluding carboxylic acids is 2. The lowest BCUT2D eigenvalue weighted by atomic mass is 10.1. The minimum Gasteiger partial charge on any atom is -0.457 e. The van der Waals surface area contributed by atoms with Gasteiger partial charge in [-0.25, -0.2) is 8.42 Å². The van der Waals surface area contributed by atoms with Gasteiger partial charge in [-0.05, 0) is 73.9 Å². The van der Waals surface area contributed by atoms with Gasteiger partial charge in [0, 0.05) is 17.1 Å². The van der Waals surface area contributed by atoms with Crippen LogP contribution in [-0.4, -0.2) is 50.0 Å². The first-order chi connectivity index (χ1) is 19.1. The van der Waals surface area contributed by atoms with Crippen molar-refractivity contribution in [3.8, 4) is 11.5 Å². The molecule has 3 aromatic carbocycles. The van der Waals surface area contributed by atoms with Crippen LogP contribution in [0.1, 0.15) is 38.2 Å².